The van der Waals surface area contributed by atoms with Gasteiger partial charge in [-0.05, 0) is 55.1 Å². The zero-order valence-corrected chi connectivity index (χ0v) is 15.1. The van der Waals surface area contributed by atoms with Crippen molar-refractivity contribution in [1.29, 1.82) is 0 Å². The van der Waals surface area contributed by atoms with Crippen molar-refractivity contribution in [2.24, 2.45) is 4.36 Å². The lowest BCUT2D eigenvalue weighted by Crippen LogP contribution is -2.49. The Morgan fingerprint density at radius 2 is 2.32 bits per heavy atom. The molecular formula is C14H21BrN4O2S. The zero-order valence-electron chi connectivity index (χ0n) is 12.7. The van der Waals surface area contributed by atoms with Gasteiger partial charge < -0.3 is 5.32 Å². The molecule has 1 aromatic rings. The van der Waals surface area contributed by atoms with Crippen LogP contribution in [-0.4, -0.2) is 43.5 Å². The molecule has 1 N–H and O–H groups in total. The topological polar surface area (TPSA) is 76.3 Å². The second kappa shape index (κ2) is 6.05. The molecule has 2 aliphatic heterocycles. The molecule has 3 rings (SSSR count). The first-order valence-corrected chi connectivity index (χ1v) is 10.3. The third-order valence-corrected chi connectivity index (χ3v) is 7.45. The van der Waals surface area contributed by atoms with Gasteiger partial charge in [-0.2, -0.15) is 9.46 Å². The number of rotatable bonds is 2. The lowest BCUT2D eigenvalue weighted by atomic mass is 9.94. The van der Waals surface area contributed by atoms with Crippen molar-refractivity contribution in [2.75, 3.05) is 18.1 Å². The van der Waals surface area contributed by atoms with Gasteiger partial charge in [-0.3, -0.25) is 9.48 Å². The van der Waals surface area contributed by atoms with Crippen molar-refractivity contribution in [3.63, 3.8) is 0 Å². The minimum Gasteiger partial charge on any atom is -0.310 e. The highest BCUT2D eigenvalue weighted by molar-refractivity contribution is 9.10. The molecule has 3 heterocycles. The number of carbonyl (C=O) groups is 1. The van der Waals surface area contributed by atoms with Gasteiger partial charge in [0.05, 0.1) is 20.0 Å². The number of carbonyl (C=O) groups excluding carboxylic acids is 1. The van der Waals surface area contributed by atoms with Crippen LogP contribution in [0.3, 0.4) is 0 Å². The van der Waals surface area contributed by atoms with Gasteiger partial charge in [-0.1, -0.05) is 0 Å². The molecule has 2 atom stereocenters. The molecule has 1 amide bonds. The van der Waals surface area contributed by atoms with Crippen LogP contribution in [0.2, 0.25) is 0 Å². The zero-order chi connectivity index (χ0) is 15.8. The quantitative estimate of drug-likeness (QED) is 0.841. The molecule has 2 saturated heterocycles. The molecule has 2 unspecified atom stereocenters. The minimum absolute atomic E-state index is 0.0703. The lowest BCUT2D eigenvalue weighted by Gasteiger charge is -2.35. The number of aromatic nitrogens is 2. The maximum Gasteiger partial charge on any atom is 0.306 e. The molecular weight excluding hydrogens is 368 g/mol. The molecule has 1 spiro atoms. The molecule has 2 fully saturated rings. The monoisotopic (exact) mass is 388 g/mol. The van der Waals surface area contributed by atoms with E-state index in [0.29, 0.717) is 22.5 Å². The third kappa shape index (κ3) is 3.14. The Hall–Kier alpha value is -0.730. The average Bonchev–Trinajstić information content (AvgIpc) is 3.05. The highest BCUT2D eigenvalue weighted by atomic mass is 79.9. The van der Waals surface area contributed by atoms with Gasteiger partial charge in [0, 0.05) is 24.0 Å². The Morgan fingerprint density at radius 3 is 2.95 bits per heavy atom. The van der Waals surface area contributed by atoms with Gasteiger partial charge in [0.15, 0.2) is 5.69 Å². The summed E-state index contributed by atoms with van der Waals surface area (Å²) in [5.74, 6) is 0.519. The van der Waals surface area contributed by atoms with Gasteiger partial charge in [-0.15, -0.1) is 0 Å². The molecule has 0 aromatic carbocycles. The predicted octanol–water partition coefficient (Wildman–Crippen LogP) is 2.19. The third-order valence-electron chi connectivity index (χ3n) is 4.45. The van der Waals surface area contributed by atoms with E-state index in [2.05, 4.69) is 30.7 Å². The van der Waals surface area contributed by atoms with Crippen LogP contribution in [-0.2, 0) is 16.3 Å². The Balaban J connectivity index is 1.87. The largest absolute Gasteiger partial charge is 0.310 e. The van der Waals surface area contributed by atoms with Crippen molar-refractivity contribution in [3.05, 3.63) is 16.4 Å². The van der Waals surface area contributed by atoms with Gasteiger partial charge in [0.2, 0.25) is 0 Å². The lowest BCUT2D eigenvalue weighted by molar-refractivity contribution is 0.0998. The van der Waals surface area contributed by atoms with Crippen LogP contribution in [0.5, 0.6) is 0 Å². The number of nitrogens with zero attached hydrogens (tertiary/aromatic N) is 3. The maximum atomic E-state index is 13.1. The summed E-state index contributed by atoms with van der Waals surface area (Å²) in [6.45, 7) is 3.59. The van der Waals surface area contributed by atoms with E-state index in [-0.39, 0.29) is 11.2 Å². The summed E-state index contributed by atoms with van der Waals surface area (Å²) in [5, 5.41) is 7.68. The van der Waals surface area contributed by atoms with E-state index in [0.717, 1.165) is 32.2 Å². The van der Waals surface area contributed by atoms with Crippen LogP contribution >= 0.6 is 15.9 Å². The van der Waals surface area contributed by atoms with Crippen molar-refractivity contribution in [2.45, 2.75) is 44.7 Å². The molecule has 2 aliphatic rings. The molecule has 8 heteroatoms. The summed E-state index contributed by atoms with van der Waals surface area (Å²) >= 11 is 3.33. The highest BCUT2D eigenvalue weighted by Gasteiger charge is 2.40. The number of nitrogens with one attached hydrogen (secondary N) is 1. The summed E-state index contributed by atoms with van der Waals surface area (Å²) in [5.41, 5.74) is 0.183. The Kier molecular flexibility index (Phi) is 4.44. The van der Waals surface area contributed by atoms with E-state index in [1.807, 2.05) is 6.92 Å². The molecule has 0 saturated carbocycles. The molecule has 0 aliphatic carbocycles. The summed E-state index contributed by atoms with van der Waals surface area (Å²) in [7, 11) is -2.50. The number of hydrogen-bond acceptors (Lipinski definition) is 4. The Labute approximate surface area is 139 Å². The van der Waals surface area contributed by atoms with E-state index < -0.39 is 15.6 Å². The molecule has 0 radical (unpaired) electrons. The van der Waals surface area contributed by atoms with Crippen LogP contribution in [0.4, 0.5) is 0 Å². The standard InChI is InChI=1S/C14H21BrN4O2S/c1-2-19-9-11(15)12(17-19)13(20)18-22(21)8-4-6-14(10-22)5-3-7-16-14/h9,16H,2-8,10H2,1H3. The van der Waals surface area contributed by atoms with Crippen LogP contribution in [0.25, 0.3) is 0 Å². The Morgan fingerprint density at radius 1 is 1.55 bits per heavy atom. The van der Waals surface area contributed by atoms with Crippen molar-refractivity contribution >= 4 is 31.6 Å². The van der Waals surface area contributed by atoms with Crippen molar-refractivity contribution in [1.82, 2.24) is 15.1 Å². The van der Waals surface area contributed by atoms with Crippen molar-refractivity contribution in [3.8, 4) is 0 Å². The summed E-state index contributed by atoms with van der Waals surface area (Å²) in [4.78, 5) is 12.4. The summed E-state index contributed by atoms with van der Waals surface area (Å²) in [6.07, 6.45) is 5.77. The van der Waals surface area contributed by atoms with Crippen LogP contribution < -0.4 is 5.32 Å². The van der Waals surface area contributed by atoms with Crippen LogP contribution in [0, 0.1) is 0 Å². The average molecular weight is 389 g/mol. The van der Waals surface area contributed by atoms with Gasteiger partial charge in [0.25, 0.3) is 0 Å². The smallest absolute Gasteiger partial charge is 0.306 e. The number of aryl methyl sites for hydroxylation is 1. The second-order valence-electron chi connectivity index (χ2n) is 6.11. The van der Waals surface area contributed by atoms with Gasteiger partial charge in [-0.25, -0.2) is 4.21 Å². The van der Waals surface area contributed by atoms with E-state index >= 15 is 0 Å². The fraction of sp³-hybridized carbons (Fsp3) is 0.714. The first-order valence-electron chi connectivity index (χ1n) is 7.70. The second-order valence-corrected chi connectivity index (χ2v) is 9.39. The van der Waals surface area contributed by atoms with E-state index in [4.69, 9.17) is 0 Å². The first kappa shape index (κ1) is 16.1. The van der Waals surface area contributed by atoms with Crippen LogP contribution in [0.1, 0.15) is 43.1 Å². The summed E-state index contributed by atoms with van der Waals surface area (Å²) < 4.78 is 19.4. The normalized spacial score (nSPS) is 31.5. The van der Waals surface area contributed by atoms with E-state index in [1.165, 1.54) is 0 Å². The highest BCUT2D eigenvalue weighted by Crippen LogP contribution is 2.32. The minimum atomic E-state index is -2.50. The first-order chi connectivity index (χ1) is 10.5. The predicted molar refractivity (Wildman–Crippen MR) is 89.4 cm³/mol. The number of amides is 1. The molecule has 1 aromatic heterocycles. The molecule has 22 heavy (non-hydrogen) atoms. The fourth-order valence-corrected chi connectivity index (χ4v) is 6.42. The summed E-state index contributed by atoms with van der Waals surface area (Å²) in [6, 6.07) is 0. The van der Waals surface area contributed by atoms with E-state index in [9.17, 15) is 9.00 Å². The number of hydrogen-bond donors (Lipinski definition) is 1. The maximum absolute atomic E-state index is 13.1. The number of halogens is 1. The van der Waals surface area contributed by atoms with E-state index in [1.54, 1.807) is 10.9 Å². The van der Waals surface area contributed by atoms with Gasteiger partial charge >= 0.3 is 5.91 Å². The van der Waals surface area contributed by atoms with Crippen molar-refractivity contribution < 1.29 is 9.00 Å². The molecule has 0 bridgehead atoms. The molecule has 122 valence electrons. The van der Waals surface area contributed by atoms with Gasteiger partial charge in [0.1, 0.15) is 0 Å². The Bertz CT molecular complexity index is 700. The molecule has 6 nitrogen and oxygen atoms in total. The SMILES string of the molecule is CCn1cc(Br)c(C(=O)N=S2(=O)CCCC3(CCCN3)C2)n1. The van der Waals surface area contributed by atoms with Crippen LogP contribution in [0.15, 0.2) is 15.0 Å². The fourth-order valence-electron chi connectivity index (χ4n) is 3.39.